The zero-order chi connectivity index (χ0) is 12.3. The summed E-state index contributed by atoms with van der Waals surface area (Å²) in [6, 6.07) is 0. The molecule has 15 heavy (non-hydrogen) atoms. The Kier molecular flexibility index (Phi) is 4.31. The SMILES string of the molecule is COC(=O)C(C)(C)CCC(C)(C)C(=O)O. The van der Waals surface area contributed by atoms with Crippen LogP contribution >= 0.6 is 0 Å². The number of carbonyl (C=O) groups excluding carboxylic acids is 1. The van der Waals surface area contributed by atoms with Crippen LogP contribution in [0.1, 0.15) is 40.5 Å². The van der Waals surface area contributed by atoms with E-state index in [1.807, 2.05) is 0 Å². The monoisotopic (exact) mass is 216 g/mol. The summed E-state index contributed by atoms with van der Waals surface area (Å²) in [5.41, 5.74) is -1.42. The molecule has 0 aliphatic carbocycles. The van der Waals surface area contributed by atoms with Crippen LogP contribution in [0, 0.1) is 10.8 Å². The Morgan fingerprint density at radius 2 is 1.47 bits per heavy atom. The van der Waals surface area contributed by atoms with Gasteiger partial charge in [-0.2, -0.15) is 0 Å². The van der Waals surface area contributed by atoms with Crippen molar-refractivity contribution in [3.63, 3.8) is 0 Å². The predicted molar refractivity (Wildman–Crippen MR) is 56.4 cm³/mol. The summed E-state index contributed by atoms with van der Waals surface area (Å²) >= 11 is 0. The first kappa shape index (κ1) is 13.9. The number of esters is 1. The lowest BCUT2D eigenvalue weighted by atomic mass is 9.79. The molecule has 0 unspecified atom stereocenters. The van der Waals surface area contributed by atoms with E-state index in [2.05, 4.69) is 4.74 Å². The molecule has 0 saturated carbocycles. The van der Waals surface area contributed by atoms with Gasteiger partial charge in [0, 0.05) is 0 Å². The first-order valence-electron chi connectivity index (χ1n) is 4.95. The second kappa shape index (κ2) is 4.64. The van der Waals surface area contributed by atoms with Gasteiger partial charge in [-0.3, -0.25) is 9.59 Å². The van der Waals surface area contributed by atoms with Gasteiger partial charge in [0.15, 0.2) is 0 Å². The lowest BCUT2D eigenvalue weighted by Gasteiger charge is -2.26. The second-order valence-electron chi connectivity index (χ2n) is 5.06. The normalized spacial score (nSPS) is 12.3. The lowest BCUT2D eigenvalue weighted by Crippen LogP contribution is -2.30. The minimum atomic E-state index is -0.844. The van der Waals surface area contributed by atoms with Gasteiger partial charge in [0.25, 0.3) is 0 Å². The van der Waals surface area contributed by atoms with Crippen LogP contribution in [0.5, 0.6) is 0 Å². The molecule has 0 atom stereocenters. The third kappa shape index (κ3) is 3.90. The van der Waals surface area contributed by atoms with Crippen molar-refractivity contribution >= 4 is 11.9 Å². The largest absolute Gasteiger partial charge is 0.481 e. The summed E-state index contributed by atoms with van der Waals surface area (Å²) in [7, 11) is 1.34. The van der Waals surface area contributed by atoms with E-state index in [4.69, 9.17) is 5.11 Å². The van der Waals surface area contributed by atoms with E-state index in [1.54, 1.807) is 27.7 Å². The van der Waals surface area contributed by atoms with Crippen molar-refractivity contribution in [2.45, 2.75) is 40.5 Å². The van der Waals surface area contributed by atoms with Crippen LogP contribution in [0.4, 0.5) is 0 Å². The van der Waals surface area contributed by atoms with Crippen molar-refractivity contribution in [2.75, 3.05) is 7.11 Å². The number of carboxylic acids is 1. The molecule has 0 aliphatic rings. The first-order chi connectivity index (χ1) is 6.63. The summed E-state index contributed by atoms with van der Waals surface area (Å²) < 4.78 is 4.65. The number of carboxylic acid groups (broad SMARTS) is 1. The zero-order valence-electron chi connectivity index (χ0n) is 10.1. The Balaban J connectivity index is 4.39. The van der Waals surface area contributed by atoms with Crippen molar-refractivity contribution in [3.05, 3.63) is 0 Å². The number of carbonyl (C=O) groups is 2. The van der Waals surface area contributed by atoms with E-state index in [0.29, 0.717) is 12.8 Å². The van der Waals surface area contributed by atoms with Gasteiger partial charge < -0.3 is 9.84 Å². The number of aliphatic carboxylic acids is 1. The molecule has 4 nitrogen and oxygen atoms in total. The van der Waals surface area contributed by atoms with Crippen molar-refractivity contribution in [1.29, 1.82) is 0 Å². The number of hydrogen-bond donors (Lipinski definition) is 1. The molecule has 0 heterocycles. The summed E-state index contributed by atoms with van der Waals surface area (Å²) in [6.07, 6.45) is 0.948. The van der Waals surface area contributed by atoms with Crippen molar-refractivity contribution in [3.8, 4) is 0 Å². The summed E-state index contributed by atoms with van der Waals surface area (Å²) in [5, 5.41) is 8.92. The van der Waals surface area contributed by atoms with E-state index < -0.39 is 16.8 Å². The fourth-order valence-electron chi connectivity index (χ4n) is 1.11. The second-order valence-corrected chi connectivity index (χ2v) is 5.06. The van der Waals surface area contributed by atoms with E-state index in [9.17, 15) is 9.59 Å². The standard InChI is InChI=1S/C11H20O4/c1-10(2,8(12)13)6-7-11(3,4)9(14)15-5/h6-7H2,1-5H3,(H,12,13). The molecule has 0 radical (unpaired) electrons. The number of rotatable bonds is 5. The molecule has 0 fully saturated rings. The van der Waals surface area contributed by atoms with Gasteiger partial charge in [-0.1, -0.05) is 0 Å². The van der Waals surface area contributed by atoms with Crippen molar-refractivity contribution < 1.29 is 19.4 Å². The van der Waals surface area contributed by atoms with Crippen LogP contribution in [0.2, 0.25) is 0 Å². The highest BCUT2D eigenvalue weighted by molar-refractivity contribution is 5.76. The third-order valence-electron chi connectivity index (χ3n) is 2.69. The van der Waals surface area contributed by atoms with Crippen LogP contribution < -0.4 is 0 Å². The Labute approximate surface area is 90.6 Å². The quantitative estimate of drug-likeness (QED) is 0.714. The molecular formula is C11H20O4. The molecule has 88 valence electrons. The van der Waals surface area contributed by atoms with E-state index >= 15 is 0 Å². The van der Waals surface area contributed by atoms with Crippen LogP contribution in [-0.4, -0.2) is 24.2 Å². The highest BCUT2D eigenvalue weighted by Crippen LogP contribution is 2.31. The van der Waals surface area contributed by atoms with E-state index in [1.165, 1.54) is 7.11 Å². The molecular weight excluding hydrogens is 196 g/mol. The Hall–Kier alpha value is -1.06. The molecule has 0 aromatic heterocycles. The maximum atomic E-state index is 11.4. The Bertz CT molecular complexity index is 253. The van der Waals surface area contributed by atoms with Crippen LogP contribution in [0.3, 0.4) is 0 Å². The van der Waals surface area contributed by atoms with Crippen molar-refractivity contribution in [2.24, 2.45) is 10.8 Å². The minimum absolute atomic E-state index is 0.302. The van der Waals surface area contributed by atoms with Gasteiger partial charge >= 0.3 is 11.9 Å². The van der Waals surface area contributed by atoms with Gasteiger partial charge in [-0.15, -0.1) is 0 Å². The minimum Gasteiger partial charge on any atom is -0.481 e. The van der Waals surface area contributed by atoms with Crippen LogP contribution in [0.15, 0.2) is 0 Å². The Morgan fingerprint density at radius 1 is 1.07 bits per heavy atom. The fraction of sp³-hybridized carbons (Fsp3) is 0.818. The van der Waals surface area contributed by atoms with Gasteiger partial charge in [-0.05, 0) is 40.5 Å². The maximum absolute atomic E-state index is 11.4. The average Bonchev–Trinajstić information content (AvgIpc) is 2.13. The maximum Gasteiger partial charge on any atom is 0.311 e. The van der Waals surface area contributed by atoms with E-state index in [0.717, 1.165) is 0 Å². The molecule has 0 saturated heterocycles. The smallest absolute Gasteiger partial charge is 0.311 e. The molecule has 0 spiro atoms. The van der Waals surface area contributed by atoms with Crippen LogP contribution in [0.25, 0.3) is 0 Å². The topological polar surface area (TPSA) is 63.6 Å². The van der Waals surface area contributed by atoms with Gasteiger partial charge in [0.2, 0.25) is 0 Å². The first-order valence-corrected chi connectivity index (χ1v) is 4.95. The van der Waals surface area contributed by atoms with Crippen LogP contribution in [-0.2, 0) is 14.3 Å². The fourth-order valence-corrected chi connectivity index (χ4v) is 1.11. The molecule has 4 heteroatoms. The summed E-state index contributed by atoms with van der Waals surface area (Å²) in [5.74, 6) is -1.15. The number of ether oxygens (including phenoxy) is 1. The molecule has 0 aromatic rings. The highest BCUT2D eigenvalue weighted by Gasteiger charge is 2.34. The van der Waals surface area contributed by atoms with Gasteiger partial charge in [-0.25, -0.2) is 0 Å². The molecule has 0 aromatic carbocycles. The summed E-state index contributed by atoms with van der Waals surface area (Å²) in [6.45, 7) is 6.83. The van der Waals surface area contributed by atoms with Gasteiger partial charge in [0.05, 0.1) is 17.9 Å². The molecule has 0 rings (SSSR count). The zero-order valence-corrected chi connectivity index (χ0v) is 10.1. The van der Waals surface area contributed by atoms with E-state index in [-0.39, 0.29) is 5.97 Å². The third-order valence-corrected chi connectivity index (χ3v) is 2.69. The number of hydrogen-bond acceptors (Lipinski definition) is 3. The molecule has 0 aliphatic heterocycles. The molecule has 0 amide bonds. The molecule has 0 bridgehead atoms. The van der Waals surface area contributed by atoms with Crippen molar-refractivity contribution in [1.82, 2.24) is 0 Å². The highest BCUT2D eigenvalue weighted by atomic mass is 16.5. The lowest BCUT2D eigenvalue weighted by molar-refractivity contribution is -0.154. The number of methoxy groups -OCH3 is 1. The Morgan fingerprint density at radius 3 is 1.80 bits per heavy atom. The van der Waals surface area contributed by atoms with Gasteiger partial charge in [0.1, 0.15) is 0 Å². The molecule has 1 N–H and O–H groups in total. The predicted octanol–water partition coefficient (Wildman–Crippen LogP) is 2.08. The summed E-state index contributed by atoms with van der Waals surface area (Å²) in [4.78, 5) is 22.2. The average molecular weight is 216 g/mol.